The van der Waals surface area contributed by atoms with E-state index in [-0.39, 0.29) is 23.9 Å². The summed E-state index contributed by atoms with van der Waals surface area (Å²) in [6, 6.07) is 10.2. The summed E-state index contributed by atoms with van der Waals surface area (Å²) in [7, 11) is 0. The van der Waals surface area contributed by atoms with Crippen molar-refractivity contribution in [3.8, 4) is 0 Å². The van der Waals surface area contributed by atoms with Crippen LogP contribution in [0.1, 0.15) is 37.2 Å². The van der Waals surface area contributed by atoms with Crippen LogP contribution in [0.15, 0.2) is 34.9 Å². The van der Waals surface area contributed by atoms with Crippen molar-refractivity contribution >= 4 is 12.4 Å². The molecule has 0 bridgehead atoms. The molecule has 1 fully saturated rings. The van der Waals surface area contributed by atoms with E-state index in [0.29, 0.717) is 18.3 Å². The maximum atomic E-state index is 5.48. The molecule has 0 aliphatic carbocycles. The van der Waals surface area contributed by atoms with E-state index >= 15 is 0 Å². The van der Waals surface area contributed by atoms with Gasteiger partial charge in [0.1, 0.15) is 0 Å². The standard InChI is InChI=1S/C15H19N3O2.ClH/c1-15(2,11-6-4-3-5-7-11)14-17-13(18-20-14)12-10-19-9-8-16-12;/h3-7,12,16H,8-10H2,1-2H3;1H. The molecule has 1 atom stereocenters. The normalized spacial score (nSPS) is 19.0. The van der Waals surface area contributed by atoms with Gasteiger partial charge in [0.05, 0.1) is 24.7 Å². The number of morpholine rings is 1. The van der Waals surface area contributed by atoms with Gasteiger partial charge in [-0.05, 0) is 19.4 Å². The number of halogens is 1. The van der Waals surface area contributed by atoms with Gasteiger partial charge in [0.25, 0.3) is 0 Å². The Morgan fingerprint density at radius 3 is 2.67 bits per heavy atom. The van der Waals surface area contributed by atoms with E-state index in [0.717, 1.165) is 18.7 Å². The molecule has 1 aromatic heterocycles. The molecule has 1 N–H and O–H groups in total. The molecule has 2 aromatic rings. The highest BCUT2D eigenvalue weighted by molar-refractivity contribution is 5.85. The van der Waals surface area contributed by atoms with Crippen LogP contribution in [-0.2, 0) is 10.2 Å². The summed E-state index contributed by atoms with van der Waals surface area (Å²) < 4.78 is 10.9. The summed E-state index contributed by atoms with van der Waals surface area (Å²) in [5.41, 5.74) is 0.852. The Labute approximate surface area is 130 Å². The maximum Gasteiger partial charge on any atom is 0.236 e. The van der Waals surface area contributed by atoms with E-state index in [2.05, 4.69) is 41.4 Å². The number of benzene rings is 1. The topological polar surface area (TPSA) is 60.2 Å². The van der Waals surface area contributed by atoms with Crippen LogP contribution in [0.25, 0.3) is 0 Å². The Morgan fingerprint density at radius 1 is 1.24 bits per heavy atom. The lowest BCUT2D eigenvalue weighted by Gasteiger charge is -2.21. The molecule has 21 heavy (non-hydrogen) atoms. The second-order valence-corrected chi connectivity index (χ2v) is 5.53. The molecule has 5 nitrogen and oxygen atoms in total. The van der Waals surface area contributed by atoms with Crippen molar-refractivity contribution in [2.24, 2.45) is 0 Å². The zero-order chi connectivity index (χ0) is 14.0. The van der Waals surface area contributed by atoms with Crippen LogP contribution in [0.2, 0.25) is 0 Å². The van der Waals surface area contributed by atoms with Gasteiger partial charge in [0, 0.05) is 6.54 Å². The zero-order valence-corrected chi connectivity index (χ0v) is 13.0. The van der Waals surface area contributed by atoms with Crippen LogP contribution in [-0.4, -0.2) is 29.9 Å². The van der Waals surface area contributed by atoms with Crippen LogP contribution < -0.4 is 5.32 Å². The van der Waals surface area contributed by atoms with Crippen molar-refractivity contribution in [2.75, 3.05) is 19.8 Å². The van der Waals surface area contributed by atoms with Gasteiger partial charge < -0.3 is 14.6 Å². The Balaban J connectivity index is 0.00000161. The van der Waals surface area contributed by atoms with Crippen LogP contribution in [0.4, 0.5) is 0 Å². The fourth-order valence-electron chi connectivity index (χ4n) is 2.34. The lowest BCUT2D eigenvalue weighted by molar-refractivity contribution is 0.0734. The number of ether oxygens (including phenoxy) is 1. The molecule has 114 valence electrons. The molecule has 0 spiro atoms. The highest BCUT2D eigenvalue weighted by Crippen LogP contribution is 2.30. The summed E-state index contributed by atoms with van der Waals surface area (Å²) in [5, 5.41) is 7.43. The summed E-state index contributed by atoms with van der Waals surface area (Å²) >= 11 is 0. The fourth-order valence-corrected chi connectivity index (χ4v) is 2.34. The summed E-state index contributed by atoms with van der Waals surface area (Å²) in [4.78, 5) is 4.56. The van der Waals surface area contributed by atoms with E-state index in [1.54, 1.807) is 0 Å². The third-order valence-corrected chi connectivity index (χ3v) is 3.71. The molecular weight excluding hydrogens is 290 g/mol. The van der Waals surface area contributed by atoms with Crippen molar-refractivity contribution < 1.29 is 9.26 Å². The van der Waals surface area contributed by atoms with Crippen molar-refractivity contribution in [1.82, 2.24) is 15.5 Å². The molecule has 3 rings (SSSR count). The van der Waals surface area contributed by atoms with E-state index in [1.165, 1.54) is 0 Å². The maximum absolute atomic E-state index is 5.48. The van der Waals surface area contributed by atoms with Gasteiger partial charge in [0.2, 0.25) is 5.89 Å². The predicted molar refractivity (Wildman–Crippen MR) is 81.7 cm³/mol. The molecule has 1 unspecified atom stereocenters. The van der Waals surface area contributed by atoms with Gasteiger partial charge in [0.15, 0.2) is 5.82 Å². The highest BCUT2D eigenvalue weighted by atomic mass is 35.5. The first-order chi connectivity index (χ1) is 9.68. The second kappa shape index (κ2) is 6.56. The molecule has 1 saturated heterocycles. The number of hydrogen-bond donors (Lipinski definition) is 1. The number of hydrogen-bond acceptors (Lipinski definition) is 5. The number of rotatable bonds is 3. The fraction of sp³-hybridized carbons (Fsp3) is 0.467. The molecule has 6 heteroatoms. The van der Waals surface area contributed by atoms with Crippen molar-refractivity contribution in [1.29, 1.82) is 0 Å². The minimum Gasteiger partial charge on any atom is -0.378 e. The van der Waals surface area contributed by atoms with E-state index in [1.807, 2.05) is 18.2 Å². The first kappa shape index (κ1) is 15.9. The molecule has 1 aromatic carbocycles. The minimum atomic E-state index is -0.304. The Morgan fingerprint density at radius 2 is 2.00 bits per heavy atom. The lowest BCUT2D eigenvalue weighted by atomic mass is 9.84. The summed E-state index contributed by atoms with van der Waals surface area (Å²) in [6.45, 7) is 6.31. The molecule has 0 saturated carbocycles. The van der Waals surface area contributed by atoms with Crippen LogP contribution >= 0.6 is 12.4 Å². The molecule has 0 radical (unpaired) electrons. The van der Waals surface area contributed by atoms with Gasteiger partial charge in [-0.2, -0.15) is 4.98 Å². The Kier molecular flexibility index (Phi) is 4.98. The predicted octanol–water partition coefficient (Wildman–Crippen LogP) is 2.48. The molecular formula is C15H20ClN3O2. The van der Waals surface area contributed by atoms with E-state index in [9.17, 15) is 0 Å². The number of nitrogens with one attached hydrogen (secondary N) is 1. The molecule has 1 aliphatic heterocycles. The summed E-state index contributed by atoms with van der Waals surface area (Å²) in [6.07, 6.45) is 0. The molecule has 0 amide bonds. The van der Waals surface area contributed by atoms with Gasteiger partial charge in [-0.15, -0.1) is 12.4 Å². The third kappa shape index (κ3) is 3.26. The van der Waals surface area contributed by atoms with Crippen LogP contribution in [0.5, 0.6) is 0 Å². The quantitative estimate of drug-likeness (QED) is 0.944. The monoisotopic (exact) mass is 309 g/mol. The van der Waals surface area contributed by atoms with Crippen molar-refractivity contribution in [3.63, 3.8) is 0 Å². The van der Waals surface area contributed by atoms with Crippen LogP contribution in [0, 0.1) is 0 Å². The van der Waals surface area contributed by atoms with Gasteiger partial charge >= 0.3 is 0 Å². The van der Waals surface area contributed by atoms with Crippen molar-refractivity contribution in [2.45, 2.75) is 25.3 Å². The SMILES string of the molecule is CC(C)(c1ccccc1)c1nc(C2COCCN2)no1.Cl. The minimum absolute atomic E-state index is 0. The largest absolute Gasteiger partial charge is 0.378 e. The summed E-state index contributed by atoms with van der Waals surface area (Å²) in [5.74, 6) is 1.30. The van der Waals surface area contributed by atoms with Crippen molar-refractivity contribution in [3.05, 3.63) is 47.6 Å². The van der Waals surface area contributed by atoms with E-state index in [4.69, 9.17) is 9.26 Å². The first-order valence-corrected chi connectivity index (χ1v) is 6.88. The molecule has 1 aliphatic rings. The van der Waals surface area contributed by atoms with Gasteiger partial charge in [-0.25, -0.2) is 0 Å². The van der Waals surface area contributed by atoms with Gasteiger partial charge in [-0.1, -0.05) is 35.5 Å². The Bertz CT molecular complexity index is 565. The third-order valence-electron chi connectivity index (χ3n) is 3.71. The lowest BCUT2D eigenvalue weighted by Crippen LogP contribution is -2.35. The highest BCUT2D eigenvalue weighted by Gasteiger charge is 2.31. The zero-order valence-electron chi connectivity index (χ0n) is 12.2. The molecule has 2 heterocycles. The average Bonchev–Trinajstić information content (AvgIpc) is 3.00. The first-order valence-electron chi connectivity index (χ1n) is 6.88. The Hall–Kier alpha value is -1.43. The second-order valence-electron chi connectivity index (χ2n) is 5.53. The van der Waals surface area contributed by atoms with Crippen LogP contribution in [0.3, 0.4) is 0 Å². The number of aromatic nitrogens is 2. The van der Waals surface area contributed by atoms with Gasteiger partial charge in [-0.3, -0.25) is 0 Å². The van der Waals surface area contributed by atoms with E-state index < -0.39 is 0 Å². The average molecular weight is 310 g/mol. The number of nitrogens with zero attached hydrogens (tertiary/aromatic N) is 2. The smallest absolute Gasteiger partial charge is 0.236 e.